The number of H-pyrrole nitrogens is 1. The molecule has 0 bridgehead atoms. The van der Waals surface area contributed by atoms with Crippen LogP contribution in [0.4, 0.5) is 0 Å². The minimum absolute atomic E-state index is 0.122. The Morgan fingerprint density at radius 2 is 1.89 bits per heavy atom. The number of nitrogens with one attached hydrogen (secondary N) is 1. The Bertz CT molecular complexity index is 961. The van der Waals surface area contributed by atoms with Crippen LogP contribution in [0.2, 0.25) is 0 Å². The Labute approximate surface area is 159 Å². The van der Waals surface area contributed by atoms with E-state index in [2.05, 4.69) is 14.9 Å². The molecule has 1 aliphatic heterocycles. The van der Waals surface area contributed by atoms with Gasteiger partial charge in [0.25, 0.3) is 5.56 Å². The van der Waals surface area contributed by atoms with Gasteiger partial charge in [-0.25, -0.2) is 4.98 Å². The summed E-state index contributed by atoms with van der Waals surface area (Å²) in [6.45, 7) is 4.23. The largest absolute Gasteiger partial charge is 0.494 e. The summed E-state index contributed by atoms with van der Waals surface area (Å²) < 4.78 is 5.93. The van der Waals surface area contributed by atoms with Crippen molar-refractivity contribution in [1.82, 2.24) is 14.9 Å². The predicted octanol–water partition coefficient (Wildman–Crippen LogP) is 3.84. The van der Waals surface area contributed by atoms with Crippen molar-refractivity contribution >= 4 is 10.9 Å². The van der Waals surface area contributed by atoms with Gasteiger partial charge in [0.1, 0.15) is 11.6 Å². The van der Waals surface area contributed by atoms with E-state index in [0.717, 1.165) is 24.3 Å². The van der Waals surface area contributed by atoms with Crippen molar-refractivity contribution in [1.29, 1.82) is 0 Å². The fraction of sp³-hybridized carbons (Fsp3) is 0.364. The summed E-state index contributed by atoms with van der Waals surface area (Å²) in [7, 11) is 0. The molecule has 1 N–H and O–H groups in total. The SMILES string of the molecule is O=c1[nH]c(-c2cccc(OCCCN3CCCCC3)c2)nc2ccccc12. The van der Waals surface area contributed by atoms with E-state index >= 15 is 0 Å². The second-order valence-electron chi connectivity index (χ2n) is 7.06. The van der Waals surface area contributed by atoms with Gasteiger partial charge in [-0.2, -0.15) is 0 Å². The van der Waals surface area contributed by atoms with Gasteiger partial charge in [-0.1, -0.05) is 30.7 Å². The second kappa shape index (κ2) is 8.35. The quantitative estimate of drug-likeness (QED) is 0.676. The molecule has 1 aliphatic rings. The molecule has 2 heterocycles. The summed E-state index contributed by atoms with van der Waals surface area (Å²) in [5, 5.41) is 0.603. The maximum Gasteiger partial charge on any atom is 0.259 e. The van der Waals surface area contributed by atoms with Crippen LogP contribution in [0.25, 0.3) is 22.3 Å². The number of likely N-dealkylation sites (tertiary alicyclic amines) is 1. The van der Waals surface area contributed by atoms with Gasteiger partial charge in [-0.05, 0) is 56.6 Å². The van der Waals surface area contributed by atoms with Crippen molar-refractivity contribution in [3.63, 3.8) is 0 Å². The van der Waals surface area contributed by atoms with Gasteiger partial charge >= 0.3 is 0 Å². The number of para-hydroxylation sites is 1. The van der Waals surface area contributed by atoms with Gasteiger partial charge in [0.15, 0.2) is 0 Å². The predicted molar refractivity (Wildman–Crippen MR) is 108 cm³/mol. The summed E-state index contributed by atoms with van der Waals surface area (Å²) >= 11 is 0. The van der Waals surface area contributed by atoms with Crippen LogP contribution in [-0.2, 0) is 0 Å². The van der Waals surface area contributed by atoms with Crippen molar-refractivity contribution < 1.29 is 4.74 Å². The normalized spacial score (nSPS) is 15.1. The van der Waals surface area contributed by atoms with Gasteiger partial charge in [-0.3, -0.25) is 4.79 Å². The second-order valence-corrected chi connectivity index (χ2v) is 7.06. The molecule has 1 saturated heterocycles. The maximum absolute atomic E-state index is 12.3. The van der Waals surface area contributed by atoms with E-state index in [1.807, 2.05) is 42.5 Å². The van der Waals surface area contributed by atoms with Crippen molar-refractivity contribution in [2.24, 2.45) is 0 Å². The van der Waals surface area contributed by atoms with E-state index in [1.165, 1.54) is 32.4 Å². The summed E-state index contributed by atoms with van der Waals surface area (Å²) in [6.07, 6.45) is 5.03. The molecule has 0 unspecified atom stereocenters. The number of rotatable bonds is 6. The van der Waals surface area contributed by atoms with E-state index in [-0.39, 0.29) is 5.56 Å². The first-order valence-corrected chi connectivity index (χ1v) is 9.74. The monoisotopic (exact) mass is 363 g/mol. The highest BCUT2D eigenvalue weighted by molar-refractivity contribution is 5.79. The van der Waals surface area contributed by atoms with Crippen LogP contribution in [-0.4, -0.2) is 41.1 Å². The number of ether oxygens (including phenoxy) is 1. The summed E-state index contributed by atoms with van der Waals surface area (Å²) in [6, 6.07) is 15.1. The molecule has 2 aromatic carbocycles. The van der Waals surface area contributed by atoms with Crippen molar-refractivity contribution in [2.75, 3.05) is 26.2 Å². The molecule has 1 fully saturated rings. The number of hydrogen-bond acceptors (Lipinski definition) is 4. The Kier molecular flexibility index (Phi) is 5.49. The number of fused-ring (bicyclic) bond motifs is 1. The van der Waals surface area contributed by atoms with Crippen LogP contribution in [0.15, 0.2) is 53.3 Å². The Morgan fingerprint density at radius 3 is 2.78 bits per heavy atom. The Balaban J connectivity index is 1.42. The van der Waals surface area contributed by atoms with Crippen molar-refractivity contribution in [3.8, 4) is 17.1 Å². The first-order valence-electron chi connectivity index (χ1n) is 9.74. The molecule has 0 aliphatic carbocycles. The first kappa shape index (κ1) is 17.7. The lowest BCUT2D eigenvalue weighted by molar-refractivity contribution is 0.205. The Morgan fingerprint density at radius 1 is 1.04 bits per heavy atom. The minimum atomic E-state index is -0.122. The van der Waals surface area contributed by atoms with Gasteiger partial charge < -0.3 is 14.6 Å². The zero-order valence-electron chi connectivity index (χ0n) is 15.5. The standard InChI is InChI=1S/C22H25N3O2/c26-22-19-10-2-3-11-20(19)23-21(24-22)17-8-6-9-18(16-17)27-15-7-14-25-12-4-1-5-13-25/h2-3,6,8-11,16H,1,4-5,7,12-15H2,(H,23,24,26). The van der Waals surface area contributed by atoms with E-state index in [1.54, 1.807) is 6.07 Å². The lowest BCUT2D eigenvalue weighted by Gasteiger charge is -2.26. The molecule has 5 heteroatoms. The van der Waals surface area contributed by atoms with Crippen LogP contribution in [0.1, 0.15) is 25.7 Å². The summed E-state index contributed by atoms with van der Waals surface area (Å²) in [5.41, 5.74) is 1.43. The summed E-state index contributed by atoms with van der Waals surface area (Å²) in [5.74, 6) is 1.37. The zero-order chi connectivity index (χ0) is 18.5. The van der Waals surface area contributed by atoms with Gasteiger partial charge in [0.05, 0.1) is 17.5 Å². The average Bonchev–Trinajstić information content (AvgIpc) is 2.72. The highest BCUT2D eigenvalue weighted by Crippen LogP contribution is 2.22. The molecule has 0 saturated carbocycles. The molecule has 1 aromatic heterocycles. The number of hydrogen-bond donors (Lipinski definition) is 1. The van der Waals surface area contributed by atoms with Gasteiger partial charge in [0.2, 0.25) is 0 Å². The van der Waals surface area contributed by atoms with Gasteiger partial charge in [0, 0.05) is 12.1 Å². The molecule has 0 atom stereocenters. The molecule has 5 nitrogen and oxygen atoms in total. The van der Waals surface area contributed by atoms with Crippen LogP contribution < -0.4 is 10.3 Å². The zero-order valence-corrected chi connectivity index (χ0v) is 15.5. The van der Waals surface area contributed by atoms with Gasteiger partial charge in [-0.15, -0.1) is 0 Å². The van der Waals surface area contributed by atoms with Crippen LogP contribution in [0, 0.1) is 0 Å². The fourth-order valence-corrected chi connectivity index (χ4v) is 3.62. The van der Waals surface area contributed by atoms with Crippen molar-refractivity contribution in [2.45, 2.75) is 25.7 Å². The number of benzene rings is 2. The molecule has 4 rings (SSSR count). The molecule has 27 heavy (non-hydrogen) atoms. The molecule has 3 aromatic rings. The third-order valence-electron chi connectivity index (χ3n) is 5.06. The van der Waals surface area contributed by atoms with E-state index in [4.69, 9.17) is 4.74 Å². The van der Waals surface area contributed by atoms with Crippen molar-refractivity contribution in [3.05, 3.63) is 58.9 Å². The fourth-order valence-electron chi connectivity index (χ4n) is 3.62. The summed E-state index contributed by atoms with van der Waals surface area (Å²) in [4.78, 5) is 22.3. The Hall–Kier alpha value is -2.66. The molecule has 140 valence electrons. The molecule has 0 spiro atoms. The topological polar surface area (TPSA) is 58.2 Å². The molecular formula is C22H25N3O2. The number of aromatic amines is 1. The van der Waals surface area contributed by atoms with E-state index in [0.29, 0.717) is 23.3 Å². The van der Waals surface area contributed by atoms with E-state index < -0.39 is 0 Å². The highest BCUT2D eigenvalue weighted by Gasteiger charge is 2.10. The maximum atomic E-state index is 12.3. The minimum Gasteiger partial charge on any atom is -0.494 e. The average molecular weight is 363 g/mol. The van der Waals surface area contributed by atoms with Crippen LogP contribution in [0.5, 0.6) is 5.75 Å². The number of piperidine rings is 1. The lowest BCUT2D eigenvalue weighted by Crippen LogP contribution is -2.31. The molecular weight excluding hydrogens is 338 g/mol. The first-order chi connectivity index (χ1) is 13.3. The van der Waals surface area contributed by atoms with Crippen LogP contribution in [0.3, 0.4) is 0 Å². The number of nitrogens with zero attached hydrogens (tertiary/aromatic N) is 2. The highest BCUT2D eigenvalue weighted by atomic mass is 16.5. The lowest BCUT2D eigenvalue weighted by atomic mass is 10.1. The molecule has 0 amide bonds. The smallest absolute Gasteiger partial charge is 0.259 e. The third kappa shape index (κ3) is 4.37. The molecule has 0 radical (unpaired) electrons. The third-order valence-corrected chi connectivity index (χ3v) is 5.06. The van der Waals surface area contributed by atoms with Crippen LogP contribution >= 0.6 is 0 Å². The number of aromatic nitrogens is 2. The van der Waals surface area contributed by atoms with E-state index in [9.17, 15) is 4.79 Å².